The van der Waals surface area contributed by atoms with Gasteiger partial charge in [-0.05, 0) is 67.5 Å². The normalized spacial score (nSPS) is 28.5. The Labute approximate surface area is 192 Å². The first kappa shape index (κ1) is 22.1. The number of benzene rings is 2. The topological polar surface area (TPSA) is 87.0 Å². The molecule has 1 unspecified atom stereocenters. The van der Waals surface area contributed by atoms with Crippen LogP contribution in [0.3, 0.4) is 0 Å². The minimum atomic E-state index is -0.998. The summed E-state index contributed by atoms with van der Waals surface area (Å²) in [5.41, 5.74) is 1.99. The van der Waals surface area contributed by atoms with Gasteiger partial charge in [0.2, 0.25) is 0 Å². The van der Waals surface area contributed by atoms with Crippen molar-refractivity contribution in [2.24, 2.45) is 11.8 Å². The van der Waals surface area contributed by atoms with Gasteiger partial charge in [0.1, 0.15) is 17.7 Å². The SMILES string of the molecule is Cc1cccc(F)c1C1(C(O)/C=C/[C@@H]2[C@H]3CCc4ccc(C(=O)O)cc4O[C@H]3C[C@H]2O)CC1. The van der Waals surface area contributed by atoms with Gasteiger partial charge in [-0.15, -0.1) is 0 Å². The first-order chi connectivity index (χ1) is 15.8. The smallest absolute Gasteiger partial charge is 0.335 e. The number of ether oxygens (including phenoxy) is 1. The zero-order valence-corrected chi connectivity index (χ0v) is 18.6. The van der Waals surface area contributed by atoms with Crippen molar-refractivity contribution in [3.05, 3.63) is 76.6 Å². The summed E-state index contributed by atoms with van der Waals surface area (Å²) in [6, 6.07) is 9.96. The molecule has 6 heteroatoms. The Morgan fingerprint density at radius 2 is 2.06 bits per heavy atom. The van der Waals surface area contributed by atoms with Crippen LogP contribution in [0.5, 0.6) is 5.75 Å². The third kappa shape index (κ3) is 3.85. The molecule has 0 saturated heterocycles. The second kappa shape index (κ2) is 8.26. The van der Waals surface area contributed by atoms with Crippen molar-refractivity contribution < 1.29 is 29.2 Å². The highest BCUT2D eigenvalue weighted by Crippen LogP contribution is 2.53. The summed E-state index contributed by atoms with van der Waals surface area (Å²) >= 11 is 0. The van der Waals surface area contributed by atoms with Gasteiger partial charge in [-0.25, -0.2) is 9.18 Å². The van der Waals surface area contributed by atoms with E-state index < -0.39 is 23.6 Å². The number of carboxylic acids is 1. The number of hydrogen-bond acceptors (Lipinski definition) is 4. The fourth-order valence-corrected chi connectivity index (χ4v) is 5.89. The molecule has 33 heavy (non-hydrogen) atoms. The van der Waals surface area contributed by atoms with Gasteiger partial charge in [0.25, 0.3) is 0 Å². The summed E-state index contributed by atoms with van der Waals surface area (Å²) < 4.78 is 20.8. The maximum atomic E-state index is 14.6. The van der Waals surface area contributed by atoms with E-state index in [4.69, 9.17) is 4.74 Å². The second-order valence-electron chi connectivity index (χ2n) is 9.78. The number of carbonyl (C=O) groups is 1. The molecule has 1 aliphatic heterocycles. The van der Waals surface area contributed by atoms with Crippen LogP contribution in [-0.4, -0.2) is 39.6 Å². The van der Waals surface area contributed by atoms with E-state index in [0.29, 0.717) is 17.7 Å². The predicted octanol–water partition coefficient (Wildman–Crippen LogP) is 4.17. The molecule has 0 radical (unpaired) electrons. The highest BCUT2D eigenvalue weighted by molar-refractivity contribution is 5.88. The van der Waals surface area contributed by atoms with Gasteiger partial charge in [0.05, 0.1) is 17.8 Å². The van der Waals surface area contributed by atoms with Gasteiger partial charge in [0.15, 0.2) is 0 Å². The van der Waals surface area contributed by atoms with E-state index in [2.05, 4.69) is 0 Å². The number of rotatable bonds is 5. The molecule has 2 aromatic rings. The van der Waals surface area contributed by atoms with Crippen molar-refractivity contribution in [2.75, 3.05) is 0 Å². The predicted molar refractivity (Wildman–Crippen MR) is 121 cm³/mol. The Bertz CT molecular complexity index is 1090. The molecule has 0 spiro atoms. The molecule has 2 aromatic carbocycles. The lowest BCUT2D eigenvalue weighted by Crippen LogP contribution is -2.27. The highest BCUT2D eigenvalue weighted by Gasteiger charge is 2.52. The van der Waals surface area contributed by atoms with E-state index in [0.717, 1.165) is 36.8 Å². The van der Waals surface area contributed by atoms with Crippen molar-refractivity contribution in [2.45, 2.75) is 62.8 Å². The maximum absolute atomic E-state index is 14.6. The maximum Gasteiger partial charge on any atom is 0.335 e. The molecule has 5 nitrogen and oxygen atoms in total. The molecule has 0 aromatic heterocycles. The van der Waals surface area contributed by atoms with Crippen LogP contribution in [0, 0.1) is 24.6 Å². The number of aromatic carboxylic acids is 1. The Morgan fingerprint density at radius 1 is 1.27 bits per heavy atom. The largest absolute Gasteiger partial charge is 0.490 e. The number of aryl methyl sites for hydroxylation is 2. The molecule has 0 bridgehead atoms. The average Bonchev–Trinajstić information content (AvgIpc) is 3.53. The van der Waals surface area contributed by atoms with Crippen LogP contribution in [0.1, 0.15) is 52.7 Å². The summed E-state index contributed by atoms with van der Waals surface area (Å²) in [5, 5.41) is 31.1. The third-order valence-corrected chi connectivity index (χ3v) is 7.82. The first-order valence-corrected chi connectivity index (χ1v) is 11.6. The molecule has 2 saturated carbocycles. The molecule has 3 N–H and O–H groups in total. The zero-order chi connectivity index (χ0) is 23.3. The monoisotopic (exact) mass is 452 g/mol. The number of halogens is 1. The Kier molecular flexibility index (Phi) is 5.53. The Morgan fingerprint density at radius 3 is 2.76 bits per heavy atom. The molecule has 3 aliphatic rings. The first-order valence-electron chi connectivity index (χ1n) is 11.6. The van der Waals surface area contributed by atoms with Crippen LogP contribution >= 0.6 is 0 Å². The Hall–Kier alpha value is -2.70. The summed E-state index contributed by atoms with van der Waals surface area (Å²) in [6.07, 6.45) is 5.38. The van der Waals surface area contributed by atoms with Gasteiger partial charge >= 0.3 is 5.97 Å². The molecule has 1 heterocycles. The fourth-order valence-electron chi connectivity index (χ4n) is 5.89. The van der Waals surface area contributed by atoms with Crippen LogP contribution < -0.4 is 4.74 Å². The quantitative estimate of drug-likeness (QED) is 0.593. The van der Waals surface area contributed by atoms with Crippen LogP contribution in [0.2, 0.25) is 0 Å². The van der Waals surface area contributed by atoms with E-state index in [1.807, 2.05) is 19.1 Å². The second-order valence-corrected chi connectivity index (χ2v) is 9.78. The van der Waals surface area contributed by atoms with Gasteiger partial charge in [-0.1, -0.05) is 30.4 Å². The van der Waals surface area contributed by atoms with Crippen molar-refractivity contribution in [3.8, 4) is 5.75 Å². The number of aliphatic hydroxyl groups is 2. The van der Waals surface area contributed by atoms with E-state index in [-0.39, 0.29) is 29.3 Å². The fraction of sp³-hybridized carbons (Fsp3) is 0.444. The highest BCUT2D eigenvalue weighted by atomic mass is 19.1. The number of aliphatic hydroxyl groups excluding tert-OH is 2. The van der Waals surface area contributed by atoms with Gasteiger partial charge in [-0.3, -0.25) is 0 Å². The van der Waals surface area contributed by atoms with E-state index in [9.17, 15) is 24.5 Å². The van der Waals surface area contributed by atoms with Gasteiger partial charge in [-0.2, -0.15) is 0 Å². The molecular weight excluding hydrogens is 423 g/mol. The molecule has 5 rings (SSSR count). The Balaban J connectivity index is 1.35. The lowest BCUT2D eigenvalue weighted by molar-refractivity contribution is 0.0695. The third-order valence-electron chi connectivity index (χ3n) is 7.82. The standard InChI is InChI=1S/C27H29FO5/c1-15-3-2-4-20(28)25(15)27(11-12-27)24(30)10-9-18-19-8-7-16-5-6-17(26(31)32)13-22(16)33-23(19)14-21(18)29/h2-6,9-10,13,18-19,21,23-24,29-30H,7-8,11-12,14H2,1H3,(H,31,32)/b10-9+/t18-,19-,21-,23+,24?/m1/s1. The van der Waals surface area contributed by atoms with Crippen molar-refractivity contribution in [3.63, 3.8) is 0 Å². The summed E-state index contributed by atoms with van der Waals surface area (Å²) in [6.45, 7) is 1.87. The molecule has 2 aliphatic carbocycles. The lowest BCUT2D eigenvalue weighted by atomic mass is 9.84. The van der Waals surface area contributed by atoms with Crippen LogP contribution in [0.15, 0.2) is 48.6 Å². The summed E-state index contributed by atoms with van der Waals surface area (Å²) in [5.74, 6) is -0.838. The molecule has 0 amide bonds. The van der Waals surface area contributed by atoms with E-state index in [1.165, 1.54) is 6.07 Å². The minimum Gasteiger partial charge on any atom is -0.490 e. The van der Waals surface area contributed by atoms with Gasteiger partial charge in [0, 0.05) is 23.7 Å². The average molecular weight is 453 g/mol. The van der Waals surface area contributed by atoms with E-state index >= 15 is 0 Å². The minimum absolute atomic E-state index is 0.0504. The van der Waals surface area contributed by atoms with Crippen molar-refractivity contribution >= 4 is 5.97 Å². The summed E-state index contributed by atoms with van der Waals surface area (Å²) in [4.78, 5) is 11.3. The molecule has 5 atom stereocenters. The number of fused-ring (bicyclic) bond motifs is 2. The van der Waals surface area contributed by atoms with Crippen molar-refractivity contribution in [1.82, 2.24) is 0 Å². The van der Waals surface area contributed by atoms with E-state index in [1.54, 1.807) is 30.3 Å². The van der Waals surface area contributed by atoms with Gasteiger partial charge < -0.3 is 20.1 Å². The van der Waals surface area contributed by atoms with Crippen LogP contribution in [0.25, 0.3) is 0 Å². The van der Waals surface area contributed by atoms with Crippen LogP contribution in [0.4, 0.5) is 4.39 Å². The zero-order valence-electron chi connectivity index (χ0n) is 18.6. The number of carboxylic acid groups (broad SMARTS) is 1. The summed E-state index contributed by atoms with van der Waals surface area (Å²) in [7, 11) is 0. The molecular formula is C27H29FO5. The lowest BCUT2D eigenvalue weighted by Gasteiger charge is -2.24. The number of hydrogen-bond donors (Lipinski definition) is 3. The molecule has 174 valence electrons. The van der Waals surface area contributed by atoms with Crippen molar-refractivity contribution in [1.29, 1.82) is 0 Å². The van der Waals surface area contributed by atoms with Crippen LogP contribution in [-0.2, 0) is 11.8 Å². The molecule has 2 fully saturated rings.